The minimum absolute atomic E-state index is 0.0162. The van der Waals surface area contributed by atoms with Crippen molar-refractivity contribution >= 4 is 28.7 Å². The molecular weight excluding hydrogens is 402 g/mol. The number of carbonyl (C=O) groups excluding carboxylic acids is 1. The van der Waals surface area contributed by atoms with Crippen molar-refractivity contribution in [3.63, 3.8) is 0 Å². The van der Waals surface area contributed by atoms with Crippen LogP contribution >= 0.6 is 0 Å². The van der Waals surface area contributed by atoms with Crippen molar-refractivity contribution in [1.82, 2.24) is 4.90 Å². The van der Waals surface area contributed by atoms with Gasteiger partial charge < -0.3 is 4.90 Å². The highest BCUT2D eigenvalue weighted by molar-refractivity contribution is 6.05. The number of hydrazone groups is 1. The van der Waals surface area contributed by atoms with Gasteiger partial charge in [-0.1, -0.05) is 30.3 Å². The van der Waals surface area contributed by atoms with E-state index in [1.807, 2.05) is 51.1 Å². The van der Waals surface area contributed by atoms with Crippen LogP contribution in [0.3, 0.4) is 0 Å². The molecule has 162 valence electrons. The zero-order valence-electron chi connectivity index (χ0n) is 17.4. The number of rotatable bonds is 6. The largest absolute Gasteiger partial charge is 0.337 e. The average molecular weight is 425 g/mol. The third-order valence-corrected chi connectivity index (χ3v) is 5.08. The summed E-state index contributed by atoms with van der Waals surface area (Å²) in [5.41, 5.74) is 2.93. The van der Waals surface area contributed by atoms with Crippen LogP contribution in [-0.4, -0.2) is 38.4 Å². The fourth-order valence-electron chi connectivity index (χ4n) is 3.54. The van der Waals surface area contributed by atoms with Gasteiger partial charge in [0.25, 0.3) is 5.69 Å². The predicted octanol–water partition coefficient (Wildman–Crippen LogP) is 3.97. The van der Waals surface area contributed by atoms with E-state index >= 15 is 0 Å². The maximum Gasteiger partial charge on any atom is 0.301 e. The summed E-state index contributed by atoms with van der Waals surface area (Å²) in [6.07, 6.45) is 0.273. The van der Waals surface area contributed by atoms with Crippen molar-refractivity contribution in [3.05, 3.63) is 74.3 Å². The lowest BCUT2D eigenvalue weighted by molar-refractivity contribution is -0.393. The first-order valence-electron chi connectivity index (χ1n) is 9.70. The molecule has 1 N–H and O–H groups in total. The summed E-state index contributed by atoms with van der Waals surface area (Å²) in [4.78, 5) is 35.3. The highest BCUT2D eigenvalue weighted by atomic mass is 16.6. The second-order valence-electron chi connectivity index (χ2n) is 8.27. The predicted molar refractivity (Wildman–Crippen MR) is 116 cm³/mol. The van der Waals surface area contributed by atoms with Gasteiger partial charge in [-0.2, -0.15) is 5.10 Å². The first-order valence-corrected chi connectivity index (χ1v) is 9.70. The number of amides is 1. The van der Waals surface area contributed by atoms with E-state index in [0.29, 0.717) is 12.3 Å². The van der Waals surface area contributed by atoms with E-state index in [4.69, 9.17) is 0 Å². The molecule has 0 aliphatic carbocycles. The normalized spacial score (nSPS) is 17.0. The quantitative estimate of drug-likeness (QED) is 0.423. The molecule has 1 heterocycles. The topological polar surface area (TPSA) is 131 Å². The Kier molecular flexibility index (Phi) is 6.00. The number of likely N-dealkylation sites (tertiary alicyclic amines) is 1. The maximum absolute atomic E-state index is 12.6. The van der Waals surface area contributed by atoms with E-state index in [1.54, 1.807) is 4.90 Å². The monoisotopic (exact) mass is 425 g/mol. The van der Waals surface area contributed by atoms with Gasteiger partial charge in [0, 0.05) is 30.5 Å². The molecule has 1 aliphatic heterocycles. The van der Waals surface area contributed by atoms with Gasteiger partial charge in [-0.25, -0.2) is 0 Å². The lowest BCUT2D eigenvalue weighted by Crippen LogP contribution is -2.42. The summed E-state index contributed by atoms with van der Waals surface area (Å²) >= 11 is 0. The Balaban J connectivity index is 1.98. The molecule has 1 atom stereocenters. The molecular formula is C21H23N5O5. The Morgan fingerprint density at radius 3 is 2.32 bits per heavy atom. The standard InChI is InChI=1S/C21H23N5O5/c1-21(2,3)24-13-15(11-19(24)27)20(14-7-5-4-6-8-14)23-22-17-10-9-16(25(28)29)12-18(17)26(30)31/h4-10,12,15,22H,11,13H2,1-3H3/b23-20+/t15-/m0/s1. The van der Waals surface area contributed by atoms with Crippen molar-refractivity contribution in [2.45, 2.75) is 32.7 Å². The summed E-state index contributed by atoms with van der Waals surface area (Å²) in [5.74, 6) is -0.193. The maximum atomic E-state index is 12.6. The molecule has 0 spiro atoms. The van der Waals surface area contributed by atoms with Crippen molar-refractivity contribution in [2.24, 2.45) is 11.0 Å². The highest BCUT2D eigenvalue weighted by Crippen LogP contribution is 2.31. The number of nitrogens with one attached hydrogen (secondary N) is 1. The number of hydrogen-bond acceptors (Lipinski definition) is 7. The van der Waals surface area contributed by atoms with Crippen LogP contribution in [0.2, 0.25) is 0 Å². The molecule has 2 aromatic rings. The molecule has 2 aromatic carbocycles. The van der Waals surface area contributed by atoms with Gasteiger partial charge in [-0.15, -0.1) is 0 Å². The van der Waals surface area contributed by atoms with Gasteiger partial charge in [0.15, 0.2) is 0 Å². The summed E-state index contributed by atoms with van der Waals surface area (Å²) in [7, 11) is 0. The minimum atomic E-state index is -0.701. The fourth-order valence-corrected chi connectivity index (χ4v) is 3.54. The third-order valence-electron chi connectivity index (χ3n) is 5.08. The van der Waals surface area contributed by atoms with Gasteiger partial charge >= 0.3 is 5.69 Å². The molecule has 1 saturated heterocycles. The molecule has 10 heteroatoms. The Bertz CT molecular complexity index is 1050. The van der Waals surface area contributed by atoms with Crippen molar-refractivity contribution in [1.29, 1.82) is 0 Å². The Morgan fingerprint density at radius 1 is 1.10 bits per heavy atom. The zero-order valence-corrected chi connectivity index (χ0v) is 17.4. The lowest BCUT2D eigenvalue weighted by atomic mass is 9.95. The van der Waals surface area contributed by atoms with Crippen LogP contribution in [0.5, 0.6) is 0 Å². The molecule has 3 rings (SSSR count). The van der Waals surface area contributed by atoms with Gasteiger partial charge in [0.05, 0.1) is 21.6 Å². The second kappa shape index (κ2) is 8.50. The number of non-ortho nitro benzene ring substituents is 1. The van der Waals surface area contributed by atoms with E-state index in [1.165, 1.54) is 12.1 Å². The van der Waals surface area contributed by atoms with Crippen molar-refractivity contribution in [2.75, 3.05) is 12.0 Å². The van der Waals surface area contributed by atoms with Crippen LogP contribution in [0.15, 0.2) is 53.6 Å². The molecule has 0 saturated carbocycles. The molecule has 0 unspecified atom stereocenters. The number of nitro groups is 2. The first kappa shape index (κ1) is 21.9. The third kappa shape index (κ3) is 4.85. The number of benzene rings is 2. The molecule has 1 amide bonds. The van der Waals surface area contributed by atoms with Gasteiger partial charge in [-0.3, -0.25) is 30.4 Å². The molecule has 1 fully saturated rings. The number of carbonyl (C=O) groups is 1. The number of anilines is 1. The van der Waals surface area contributed by atoms with E-state index in [2.05, 4.69) is 10.5 Å². The van der Waals surface area contributed by atoms with E-state index in [-0.39, 0.29) is 35.2 Å². The van der Waals surface area contributed by atoms with Crippen LogP contribution in [-0.2, 0) is 4.79 Å². The SMILES string of the molecule is CC(C)(C)N1C[C@@H](/C(=N/Nc2ccc([N+](=O)[O-])cc2[N+](=O)[O-])c2ccccc2)CC1=O. The van der Waals surface area contributed by atoms with Gasteiger partial charge in [-0.05, 0) is 32.4 Å². The average Bonchev–Trinajstić information content (AvgIpc) is 3.10. The molecule has 0 radical (unpaired) electrons. The van der Waals surface area contributed by atoms with E-state index < -0.39 is 15.5 Å². The fraction of sp³-hybridized carbons (Fsp3) is 0.333. The van der Waals surface area contributed by atoms with E-state index in [9.17, 15) is 25.0 Å². The summed E-state index contributed by atoms with van der Waals surface area (Å²) < 4.78 is 0. The van der Waals surface area contributed by atoms with Crippen LogP contribution in [0.25, 0.3) is 0 Å². The molecule has 0 aromatic heterocycles. The Labute approximate surface area is 178 Å². The van der Waals surface area contributed by atoms with Crippen LogP contribution in [0.1, 0.15) is 32.8 Å². The lowest BCUT2D eigenvalue weighted by Gasteiger charge is -2.32. The van der Waals surface area contributed by atoms with Gasteiger partial charge in [0.1, 0.15) is 5.69 Å². The highest BCUT2D eigenvalue weighted by Gasteiger charge is 2.38. The van der Waals surface area contributed by atoms with Gasteiger partial charge in [0.2, 0.25) is 5.91 Å². The first-order chi connectivity index (χ1) is 14.6. The summed E-state index contributed by atoms with van der Waals surface area (Å²) in [6, 6.07) is 12.6. The number of nitro benzene ring substituents is 2. The minimum Gasteiger partial charge on any atom is -0.337 e. The molecule has 31 heavy (non-hydrogen) atoms. The van der Waals surface area contributed by atoms with E-state index in [0.717, 1.165) is 11.6 Å². The molecule has 10 nitrogen and oxygen atoms in total. The second-order valence-corrected chi connectivity index (χ2v) is 8.27. The molecule has 0 bridgehead atoms. The zero-order chi connectivity index (χ0) is 22.8. The summed E-state index contributed by atoms with van der Waals surface area (Å²) in [5, 5.41) is 26.8. The molecule has 1 aliphatic rings. The number of hydrogen-bond donors (Lipinski definition) is 1. The van der Waals surface area contributed by atoms with Crippen LogP contribution in [0.4, 0.5) is 17.1 Å². The summed E-state index contributed by atoms with van der Waals surface area (Å²) in [6.45, 7) is 6.36. The van der Waals surface area contributed by atoms with Crippen LogP contribution in [0, 0.1) is 26.1 Å². The van der Waals surface area contributed by atoms with Crippen LogP contribution < -0.4 is 5.43 Å². The Morgan fingerprint density at radius 2 is 1.77 bits per heavy atom. The number of nitrogens with zero attached hydrogens (tertiary/aromatic N) is 4. The smallest absolute Gasteiger partial charge is 0.301 e. The van der Waals surface area contributed by atoms with Crippen molar-refractivity contribution in [3.8, 4) is 0 Å². The Hall–Kier alpha value is -3.82. The van der Waals surface area contributed by atoms with Crippen molar-refractivity contribution < 1.29 is 14.6 Å².